The second kappa shape index (κ2) is 5.54. The zero-order valence-electron chi connectivity index (χ0n) is 9.15. The first-order chi connectivity index (χ1) is 8.27. The predicted molar refractivity (Wildman–Crippen MR) is 65.8 cm³/mol. The van der Waals surface area contributed by atoms with Crippen LogP contribution < -0.4 is 9.46 Å². The van der Waals surface area contributed by atoms with Gasteiger partial charge in [-0.15, -0.1) is 11.8 Å². The lowest BCUT2D eigenvalue weighted by molar-refractivity contribution is -0.613. The van der Waals surface area contributed by atoms with Gasteiger partial charge in [-0.25, -0.2) is 0 Å². The maximum absolute atomic E-state index is 11.4. The molecular weight excluding hydrogens is 236 g/mol. The van der Waals surface area contributed by atoms with Crippen molar-refractivity contribution in [3.63, 3.8) is 0 Å². The summed E-state index contributed by atoms with van der Waals surface area (Å²) >= 11 is 1.55. The number of thioether (sulfide) groups is 1. The first-order valence-corrected chi connectivity index (χ1v) is 6.35. The van der Waals surface area contributed by atoms with Crippen molar-refractivity contribution in [2.45, 2.75) is 11.5 Å². The molecule has 0 spiro atoms. The summed E-state index contributed by atoms with van der Waals surface area (Å²) in [5, 5.41) is 22.7. The Hall–Kier alpha value is -1.75. The Morgan fingerprint density at radius 3 is 1.71 bits per heavy atom. The topological polar surface area (TPSA) is 53.9 Å². The maximum Gasteiger partial charge on any atom is 0.202 e. The van der Waals surface area contributed by atoms with E-state index in [1.807, 2.05) is 12.1 Å². The molecule has 2 heterocycles. The van der Waals surface area contributed by atoms with E-state index < -0.39 is 0 Å². The van der Waals surface area contributed by atoms with Gasteiger partial charge in [0.1, 0.15) is 0 Å². The van der Waals surface area contributed by atoms with Gasteiger partial charge in [0.25, 0.3) is 0 Å². The summed E-state index contributed by atoms with van der Waals surface area (Å²) in [6, 6.07) is 10.6. The largest absolute Gasteiger partial charge is 0.618 e. The highest BCUT2D eigenvalue weighted by molar-refractivity contribution is 7.97. The highest BCUT2D eigenvalue weighted by Gasteiger charge is 2.07. The molecule has 5 heteroatoms. The summed E-state index contributed by atoms with van der Waals surface area (Å²) in [6.07, 6.45) is 2.96. The summed E-state index contributed by atoms with van der Waals surface area (Å²) in [7, 11) is 0. The van der Waals surface area contributed by atoms with Crippen molar-refractivity contribution in [1.29, 1.82) is 0 Å². The summed E-state index contributed by atoms with van der Waals surface area (Å²) in [5.74, 6) is 1.19. The molecule has 88 valence electrons. The van der Waals surface area contributed by atoms with Crippen LogP contribution in [0.25, 0.3) is 0 Å². The summed E-state index contributed by atoms with van der Waals surface area (Å²) in [6.45, 7) is 0. The van der Waals surface area contributed by atoms with E-state index in [2.05, 4.69) is 0 Å². The van der Waals surface area contributed by atoms with Gasteiger partial charge in [0, 0.05) is 24.3 Å². The lowest BCUT2D eigenvalue weighted by Crippen LogP contribution is -2.31. The van der Waals surface area contributed by atoms with E-state index in [0.29, 0.717) is 22.9 Å². The first kappa shape index (κ1) is 11.7. The third-order valence-electron chi connectivity index (χ3n) is 2.31. The van der Waals surface area contributed by atoms with Crippen LogP contribution in [-0.2, 0) is 11.5 Å². The van der Waals surface area contributed by atoms with E-state index in [-0.39, 0.29) is 0 Å². The smallest absolute Gasteiger partial charge is 0.202 e. The van der Waals surface area contributed by atoms with Crippen LogP contribution in [0.1, 0.15) is 11.4 Å². The fraction of sp³-hybridized carbons (Fsp3) is 0.167. The molecule has 0 saturated carbocycles. The van der Waals surface area contributed by atoms with Crippen molar-refractivity contribution < 1.29 is 9.46 Å². The lowest BCUT2D eigenvalue weighted by Gasteiger charge is -2.04. The van der Waals surface area contributed by atoms with Crippen LogP contribution in [0, 0.1) is 10.4 Å². The lowest BCUT2D eigenvalue weighted by atomic mass is 10.4. The van der Waals surface area contributed by atoms with Crippen LogP contribution in [0.4, 0.5) is 0 Å². The van der Waals surface area contributed by atoms with Gasteiger partial charge >= 0.3 is 0 Å². The maximum atomic E-state index is 11.4. The van der Waals surface area contributed by atoms with Gasteiger partial charge < -0.3 is 10.4 Å². The molecule has 2 rings (SSSR count). The molecule has 0 aliphatic carbocycles. The Balaban J connectivity index is 1.93. The van der Waals surface area contributed by atoms with E-state index in [9.17, 15) is 10.4 Å². The number of hydrogen-bond acceptors (Lipinski definition) is 3. The van der Waals surface area contributed by atoms with E-state index in [1.165, 1.54) is 12.4 Å². The van der Waals surface area contributed by atoms with Gasteiger partial charge in [-0.1, -0.05) is 0 Å². The van der Waals surface area contributed by atoms with Crippen molar-refractivity contribution in [2.75, 3.05) is 0 Å². The highest BCUT2D eigenvalue weighted by atomic mass is 32.2. The average Bonchev–Trinajstić information content (AvgIpc) is 2.34. The Bertz CT molecular complexity index is 460. The molecule has 4 nitrogen and oxygen atoms in total. The predicted octanol–water partition coefficient (Wildman–Crippen LogP) is 1.39. The monoisotopic (exact) mass is 248 g/mol. The van der Waals surface area contributed by atoms with E-state index in [0.717, 1.165) is 9.46 Å². The zero-order chi connectivity index (χ0) is 12.1. The van der Waals surface area contributed by atoms with Gasteiger partial charge in [0.05, 0.1) is 11.5 Å². The standard InChI is InChI=1S/C12H12N2O2S/c15-13-7-3-1-5-11(13)9-17-10-12-6-2-4-8-14(12)16/h1-8H,9-10H2. The van der Waals surface area contributed by atoms with Crippen molar-refractivity contribution in [2.24, 2.45) is 0 Å². The van der Waals surface area contributed by atoms with Gasteiger partial charge in [0.2, 0.25) is 11.4 Å². The van der Waals surface area contributed by atoms with E-state index in [4.69, 9.17) is 0 Å². The molecule has 0 aliphatic rings. The number of hydrogen-bond donors (Lipinski definition) is 0. The third-order valence-corrected chi connectivity index (χ3v) is 3.31. The summed E-state index contributed by atoms with van der Waals surface area (Å²) < 4.78 is 1.70. The Morgan fingerprint density at radius 1 is 0.824 bits per heavy atom. The van der Waals surface area contributed by atoms with Gasteiger partial charge in [-0.3, -0.25) is 0 Å². The Morgan fingerprint density at radius 2 is 1.29 bits per heavy atom. The summed E-state index contributed by atoms with van der Waals surface area (Å²) in [5.41, 5.74) is 1.40. The highest BCUT2D eigenvalue weighted by Crippen LogP contribution is 2.13. The molecule has 0 aliphatic heterocycles. The number of rotatable bonds is 4. The average molecular weight is 248 g/mol. The number of nitrogens with zero attached hydrogens (tertiary/aromatic N) is 2. The van der Waals surface area contributed by atoms with Crippen molar-refractivity contribution in [1.82, 2.24) is 0 Å². The molecule has 0 fully saturated rings. The van der Waals surface area contributed by atoms with Crippen molar-refractivity contribution >= 4 is 11.8 Å². The van der Waals surface area contributed by atoms with Crippen molar-refractivity contribution in [3.05, 3.63) is 70.6 Å². The van der Waals surface area contributed by atoms with Crippen LogP contribution in [-0.4, -0.2) is 0 Å². The molecule has 0 saturated heterocycles. The zero-order valence-corrected chi connectivity index (χ0v) is 9.97. The molecule has 0 aromatic carbocycles. The van der Waals surface area contributed by atoms with Crippen LogP contribution in [0.2, 0.25) is 0 Å². The fourth-order valence-corrected chi connectivity index (χ4v) is 2.38. The quantitative estimate of drug-likeness (QED) is 0.607. The number of pyridine rings is 2. The minimum Gasteiger partial charge on any atom is -0.618 e. The van der Waals surface area contributed by atoms with Crippen LogP contribution >= 0.6 is 11.8 Å². The molecule has 2 aromatic heterocycles. The second-order valence-corrected chi connectivity index (χ2v) is 4.51. The molecule has 0 N–H and O–H groups in total. The molecule has 0 atom stereocenters. The SMILES string of the molecule is [O-][n+]1ccccc1CSCc1cccc[n+]1[O-]. The molecule has 0 amide bonds. The molecule has 2 aromatic rings. The molecular formula is C12H12N2O2S. The van der Waals surface area contributed by atoms with Gasteiger partial charge in [-0.2, -0.15) is 9.46 Å². The Labute approximate surface area is 104 Å². The molecule has 0 bridgehead atoms. The van der Waals surface area contributed by atoms with Gasteiger partial charge in [-0.05, 0) is 12.1 Å². The molecule has 17 heavy (non-hydrogen) atoms. The fourth-order valence-electron chi connectivity index (χ4n) is 1.41. The van der Waals surface area contributed by atoms with Crippen LogP contribution in [0.3, 0.4) is 0 Å². The second-order valence-electron chi connectivity index (χ2n) is 3.53. The minimum absolute atomic E-state index is 0.596. The Kier molecular flexibility index (Phi) is 3.82. The number of aromatic nitrogens is 2. The molecule has 0 radical (unpaired) electrons. The van der Waals surface area contributed by atoms with Crippen molar-refractivity contribution in [3.8, 4) is 0 Å². The van der Waals surface area contributed by atoms with E-state index in [1.54, 1.807) is 36.0 Å². The van der Waals surface area contributed by atoms with Crippen LogP contribution in [0.5, 0.6) is 0 Å². The van der Waals surface area contributed by atoms with Crippen LogP contribution in [0.15, 0.2) is 48.8 Å². The molecule has 0 unspecified atom stereocenters. The third kappa shape index (κ3) is 3.10. The minimum atomic E-state index is 0.596. The van der Waals surface area contributed by atoms with E-state index >= 15 is 0 Å². The first-order valence-electron chi connectivity index (χ1n) is 5.19. The summed E-state index contributed by atoms with van der Waals surface area (Å²) in [4.78, 5) is 0. The van der Waals surface area contributed by atoms with Gasteiger partial charge in [0.15, 0.2) is 12.4 Å². The normalized spacial score (nSPS) is 10.4.